The number of alkyl halides is 3. The average molecular weight is 478 g/mol. The van der Waals surface area contributed by atoms with Gasteiger partial charge in [-0.15, -0.1) is 0 Å². The van der Waals surface area contributed by atoms with Gasteiger partial charge in [0.25, 0.3) is 0 Å². The van der Waals surface area contributed by atoms with E-state index in [2.05, 4.69) is 0 Å². The zero-order valence-electron chi connectivity index (χ0n) is 13.5. The molecule has 1 aromatic carbocycles. The lowest BCUT2D eigenvalue weighted by Gasteiger charge is -2.25. The molecule has 0 radical (unpaired) electrons. The molecule has 3 nitrogen and oxygen atoms in total. The predicted octanol–water partition coefficient (Wildman–Crippen LogP) is 4.33. The molecule has 0 aliphatic rings. The van der Waals surface area contributed by atoms with Crippen LogP contribution in [0, 0.1) is 9.49 Å². The minimum Gasteiger partial charge on any atom is -0.549 e. The van der Waals surface area contributed by atoms with Crippen LogP contribution in [-0.2, 0) is 11.2 Å². The molecule has 0 amide bonds. The number of ether oxygens (including phenoxy) is 1. The molecule has 0 bridgehead atoms. The molecule has 8 heteroatoms. The normalized spacial score (nSPS) is 13.2. The third kappa shape index (κ3) is 5.68. The van der Waals surface area contributed by atoms with E-state index in [1.54, 1.807) is 29.5 Å². The van der Waals surface area contributed by atoms with Crippen LogP contribution in [0.25, 0.3) is 0 Å². The molecule has 1 atom stereocenters. The quantitative estimate of drug-likeness (QED) is 0.550. The van der Waals surface area contributed by atoms with Crippen LogP contribution in [0.3, 0.4) is 0 Å². The van der Waals surface area contributed by atoms with E-state index in [1.165, 1.54) is 6.07 Å². The maximum atomic E-state index is 12.4. The molecule has 1 rings (SSSR count). The van der Waals surface area contributed by atoms with Crippen LogP contribution in [0.1, 0.15) is 44.2 Å². The van der Waals surface area contributed by atoms with Crippen LogP contribution in [0.5, 0.6) is 5.75 Å². The number of carboxylic acids is 1. The van der Waals surface area contributed by atoms with E-state index >= 15 is 0 Å². The van der Waals surface area contributed by atoms with Crippen molar-refractivity contribution < 1.29 is 27.8 Å². The first-order chi connectivity index (χ1) is 11.0. The van der Waals surface area contributed by atoms with E-state index in [4.69, 9.17) is 16.3 Å². The van der Waals surface area contributed by atoms with Crippen molar-refractivity contribution >= 4 is 40.2 Å². The number of rotatable bonds is 7. The summed E-state index contributed by atoms with van der Waals surface area (Å²) in [5.41, 5.74) is 0.948. The molecular formula is C16H18ClF3IO3-. The zero-order valence-corrected chi connectivity index (χ0v) is 16.4. The number of benzene rings is 1. The van der Waals surface area contributed by atoms with Crippen molar-refractivity contribution in [3.8, 4) is 5.75 Å². The van der Waals surface area contributed by atoms with Gasteiger partial charge in [-0.05, 0) is 58.5 Å². The molecule has 0 aromatic heterocycles. The van der Waals surface area contributed by atoms with E-state index in [1.807, 2.05) is 13.8 Å². The summed E-state index contributed by atoms with van der Waals surface area (Å²) in [5.74, 6) is -2.24. The van der Waals surface area contributed by atoms with Crippen molar-refractivity contribution in [2.24, 2.45) is 5.92 Å². The second-order valence-electron chi connectivity index (χ2n) is 5.83. The maximum absolute atomic E-state index is 12.4. The molecule has 0 fully saturated rings. The minimum atomic E-state index is -4.50. The van der Waals surface area contributed by atoms with Crippen LogP contribution < -0.4 is 9.84 Å². The second kappa shape index (κ2) is 8.60. The molecule has 0 aliphatic heterocycles. The van der Waals surface area contributed by atoms with Crippen molar-refractivity contribution in [1.82, 2.24) is 0 Å². The number of aliphatic carboxylic acids is 1. The number of carbonyl (C=O) groups is 1. The summed E-state index contributed by atoms with van der Waals surface area (Å²) in [6.07, 6.45) is -3.75. The Morgan fingerprint density at radius 3 is 2.42 bits per heavy atom. The molecular weight excluding hydrogens is 460 g/mol. The van der Waals surface area contributed by atoms with E-state index in [9.17, 15) is 23.1 Å². The fourth-order valence-electron chi connectivity index (χ4n) is 2.42. The molecule has 0 heterocycles. The summed E-state index contributed by atoms with van der Waals surface area (Å²) in [7, 11) is 0. The number of carbonyl (C=O) groups excluding carboxylic acids is 1. The smallest absolute Gasteiger partial charge is 0.422 e. The van der Waals surface area contributed by atoms with E-state index in [0.717, 1.165) is 0 Å². The summed E-state index contributed by atoms with van der Waals surface area (Å²) in [6, 6.07) is 1.35. The summed E-state index contributed by atoms with van der Waals surface area (Å²) in [5, 5.41) is 11.8. The van der Waals surface area contributed by atoms with Gasteiger partial charge in [-0.2, -0.15) is 13.2 Å². The third-order valence-corrected chi connectivity index (χ3v) is 5.23. The Bertz CT molecular complexity index is 603. The lowest BCUT2D eigenvalue weighted by atomic mass is 9.86. The molecule has 0 saturated heterocycles. The van der Waals surface area contributed by atoms with Crippen LogP contribution in [0.2, 0.25) is 5.02 Å². The summed E-state index contributed by atoms with van der Waals surface area (Å²) < 4.78 is 42.4. The van der Waals surface area contributed by atoms with Gasteiger partial charge in [0, 0.05) is 11.9 Å². The lowest BCUT2D eigenvalue weighted by molar-refractivity contribution is -0.308. The molecule has 0 aliphatic carbocycles. The second-order valence-corrected chi connectivity index (χ2v) is 7.29. The fourth-order valence-corrected chi connectivity index (χ4v) is 3.39. The van der Waals surface area contributed by atoms with Gasteiger partial charge in [-0.1, -0.05) is 32.4 Å². The van der Waals surface area contributed by atoms with Crippen LogP contribution in [0.15, 0.2) is 6.07 Å². The largest absolute Gasteiger partial charge is 0.549 e. The highest BCUT2D eigenvalue weighted by Gasteiger charge is 2.30. The van der Waals surface area contributed by atoms with Gasteiger partial charge in [0.05, 0.1) is 8.59 Å². The van der Waals surface area contributed by atoms with Crippen molar-refractivity contribution in [2.75, 3.05) is 6.61 Å². The molecule has 0 spiro atoms. The number of halogens is 5. The van der Waals surface area contributed by atoms with Gasteiger partial charge in [0.1, 0.15) is 5.75 Å². The summed E-state index contributed by atoms with van der Waals surface area (Å²) in [4.78, 5) is 11.6. The van der Waals surface area contributed by atoms with Gasteiger partial charge < -0.3 is 14.6 Å². The Balaban J connectivity index is 3.40. The predicted molar refractivity (Wildman–Crippen MR) is 92.3 cm³/mol. The van der Waals surface area contributed by atoms with Crippen LogP contribution >= 0.6 is 34.2 Å². The van der Waals surface area contributed by atoms with Crippen molar-refractivity contribution in [1.29, 1.82) is 0 Å². The number of hydrogen-bond acceptors (Lipinski definition) is 3. The lowest BCUT2D eigenvalue weighted by Crippen LogP contribution is -2.31. The third-order valence-electron chi connectivity index (χ3n) is 3.42. The highest BCUT2D eigenvalue weighted by Crippen LogP contribution is 2.39. The monoisotopic (exact) mass is 477 g/mol. The molecule has 136 valence electrons. The number of carboxylic acid groups (broad SMARTS) is 1. The van der Waals surface area contributed by atoms with E-state index in [-0.39, 0.29) is 16.7 Å². The Morgan fingerprint density at radius 2 is 2.00 bits per heavy atom. The van der Waals surface area contributed by atoms with Gasteiger partial charge >= 0.3 is 6.18 Å². The van der Waals surface area contributed by atoms with Gasteiger partial charge in [0.15, 0.2) is 6.61 Å². The summed E-state index contributed by atoms with van der Waals surface area (Å²) >= 11 is 8.06. The Kier molecular flexibility index (Phi) is 7.65. The van der Waals surface area contributed by atoms with Gasteiger partial charge in [0.2, 0.25) is 0 Å². The highest BCUT2D eigenvalue weighted by atomic mass is 127. The zero-order chi connectivity index (χ0) is 18.7. The molecule has 1 aromatic rings. The first kappa shape index (κ1) is 21.3. The first-order valence-corrected chi connectivity index (χ1v) is 8.84. The fraction of sp³-hybridized carbons (Fsp3) is 0.562. The standard InChI is InChI=1S/C16H19ClF3IO3/c1-4-9-10(11(15(22)23)5-8(2)3)6-12(14(21)13(9)17)24-7-16(18,19)20/h6,8,11H,4-5,7H2,1-3H3,(H,22,23)/p-1. The van der Waals surface area contributed by atoms with Gasteiger partial charge in [-0.25, -0.2) is 0 Å². The SMILES string of the molecule is CCc1c(C(CC(C)C)C(=O)[O-])cc(OCC(F)(F)F)c(I)c1Cl. The van der Waals surface area contributed by atoms with Crippen molar-refractivity contribution in [3.63, 3.8) is 0 Å². The molecule has 1 unspecified atom stereocenters. The highest BCUT2D eigenvalue weighted by molar-refractivity contribution is 14.1. The van der Waals surface area contributed by atoms with E-state index in [0.29, 0.717) is 27.5 Å². The molecule has 24 heavy (non-hydrogen) atoms. The average Bonchev–Trinajstić information content (AvgIpc) is 2.45. The van der Waals surface area contributed by atoms with Crippen LogP contribution in [0.4, 0.5) is 13.2 Å². The molecule has 0 saturated carbocycles. The Hall–Kier alpha value is -0.700. The number of hydrogen-bond donors (Lipinski definition) is 0. The van der Waals surface area contributed by atoms with Crippen molar-refractivity contribution in [2.45, 2.75) is 45.7 Å². The van der Waals surface area contributed by atoms with Crippen LogP contribution in [-0.4, -0.2) is 18.8 Å². The summed E-state index contributed by atoms with van der Waals surface area (Å²) in [6.45, 7) is 4.05. The van der Waals surface area contributed by atoms with Gasteiger partial charge in [-0.3, -0.25) is 0 Å². The Morgan fingerprint density at radius 1 is 1.42 bits per heavy atom. The molecule has 0 N–H and O–H groups in total. The topological polar surface area (TPSA) is 49.4 Å². The van der Waals surface area contributed by atoms with Crippen molar-refractivity contribution in [3.05, 3.63) is 25.8 Å². The maximum Gasteiger partial charge on any atom is 0.422 e. The van der Waals surface area contributed by atoms with E-state index < -0.39 is 24.7 Å². The first-order valence-electron chi connectivity index (χ1n) is 7.39. The minimum absolute atomic E-state index is 0.0650. The Labute approximate surface area is 157 Å².